The van der Waals surface area contributed by atoms with Gasteiger partial charge in [0.25, 0.3) is 0 Å². The zero-order valence-corrected chi connectivity index (χ0v) is 11.7. The molecule has 0 spiro atoms. The highest BCUT2D eigenvalue weighted by Gasteiger charge is 2.04. The summed E-state index contributed by atoms with van der Waals surface area (Å²) in [4.78, 5) is 16.9. The molecule has 104 valence electrons. The molecule has 0 aromatic carbocycles. The van der Waals surface area contributed by atoms with E-state index in [0.29, 0.717) is 6.54 Å². The van der Waals surface area contributed by atoms with E-state index >= 15 is 0 Å². The molecular formula is C16H15N5. The largest absolute Gasteiger partial charge is 0.366 e. The van der Waals surface area contributed by atoms with Crippen LogP contribution in [0.3, 0.4) is 0 Å². The van der Waals surface area contributed by atoms with Crippen LogP contribution in [0.15, 0.2) is 55.1 Å². The van der Waals surface area contributed by atoms with Crippen LogP contribution in [0.25, 0.3) is 11.3 Å². The van der Waals surface area contributed by atoms with Gasteiger partial charge in [0.2, 0.25) is 0 Å². The Morgan fingerprint density at radius 3 is 2.29 bits per heavy atom. The van der Waals surface area contributed by atoms with Crippen LogP contribution < -0.4 is 5.32 Å². The van der Waals surface area contributed by atoms with Gasteiger partial charge in [0, 0.05) is 43.0 Å². The molecule has 0 atom stereocenters. The summed E-state index contributed by atoms with van der Waals surface area (Å²) in [7, 11) is 0. The molecule has 3 aromatic heterocycles. The van der Waals surface area contributed by atoms with Gasteiger partial charge >= 0.3 is 0 Å². The first-order chi connectivity index (χ1) is 10.3. The first kappa shape index (κ1) is 13.2. The summed E-state index contributed by atoms with van der Waals surface area (Å²) in [6.07, 6.45) is 7.09. The van der Waals surface area contributed by atoms with E-state index in [1.54, 1.807) is 24.8 Å². The summed E-state index contributed by atoms with van der Waals surface area (Å²) >= 11 is 0. The fourth-order valence-corrected chi connectivity index (χ4v) is 2.02. The number of nitrogens with one attached hydrogen (secondary N) is 1. The average molecular weight is 277 g/mol. The zero-order chi connectivity index (χ0) is 14.5. The molecule has 0 aliphatic heterocycles. The van der Waals surface area contributed by atoms with Gasteiger partial charge in [0.1, 0.15) is 11.6 Å². The van der Waals surface area contributed by atoms with Crippen LogP contribution >= 0.6 is 0 Å². The van der Waals surface area contributed by atoms with E-state index in [2.05, 4.69) is 25.3 Å². The number of aromatic nitrogens is 4. The Kier molecular flexibility index (Phi) is 3.82. The maximum Gasteiger partial charge on any atom is 0.130 e. The van der Waals surface area contributed by atoms with E-state index in [0.717, 1.165) is 28.5 Å². The van der Waals surface area contributed by atoms with Crippen LogP contribution in [0, 0.1) is 6.92 Å². The van der Waals surface area contributed by atoms with E-state index < -0.39 is 0 Å². The van der Waals surface area contributed by atoms with E-state index in [1.165, 1.54) is 0 Å². The van der Waals surface area contributed by atoms with Gasteiger partial charge < -0.3 is 5.32 Å². The van der Waals surface area contributed by atoms with Crippen LogP contribution in [-0.2, 0) is 6.54 Å². The Morgan fingerprint density at radius 2 is 1.57 bits per heavy atom. The Hall–Kier alpha value is -2.82. The van der Waals surface area contributed by atoms with Gasteiger partial charge in [-0.2, -0.15) is 0 Å². The number of rotatable bonds is 4. The Balaban J connectivity index is 1.82. The number of aryl methyl sites for hydroxylation is 1. The van der Waals surface area contributed by atoms with Crippen LogP contribution in [0.4, 0.5) is 5.82 Å². The first-order valence-corrected chi connectivity index (χ1v) is 6.70. The third kappa shape index (κ3) is 3.39. The second-order valence-electron chi connectivity index (χ2n) is 4.63. The number of anilines is 1. The summed E-state index contributed by atoms with van der Waals surface area (Å²) in [5.74, 6) is 1.55. The normalized spacial score (nSPS) is 10.3. The molecule has 0 bridgehead atoms. The van der Waals surface area contributed by atoms with Crippen LogP contribution in [0.2, 0.25) is 0 Å². The number of pyridine rings is 2. The minimum atomic E-state index is 0.703. The fraction of sp³-hybridized carbons (Fsp3) is 0.125. The molecule has 21 heavy (non-hydrogen) atoms. The molecule has 5 nitrogen and oxygen atoms in total. The molecule has 5 heteroatoms. The summed E-state index contributed by atoms with van der Waals surface area (Å²) in [5, 5.41) is 3.32. The van der Waals surface area contributed by atoms with Crippen LogP contribution in [0.1, 0.15) is 11.4 Å². The van der Waals surface area contributed by atoms with Gasteiger partial charge in [0.05, 0.1) is 5.69 Å². The van der Waals surface area contributed by atoms with E-state index in [9.17, 15) is 0 Å². The molecule has 0 aliphatic carbocycles. The minimum absolute atomic E-state index is 0.703. The van der Waals surface area contributed by atoms with E-state index in [1.807, 2.05) is 37.3 Å². The molecule has 1 N–H and O–H groups in total. The molecule has 0 fully saturated rings. The van der Waals surface area contributed by atoms with Gasteiger partial charge in [-0.1, -0.05) is 0 Å². The lowest BCUT2D eigenvalue weighted by atomic mass is 10.2. The minimum Gasteiger partial charge on any atom is -0.366 e. The Morgan fingerprint density at radius 1 is 0.905 bits per heavy atom. The van der Waals surface area contributed by atoms with Gasteiger partial charge in [-0.3, -0.25) is 9.97 Å². The van der Waals surface area contributed by atoms with Crippen LogP contribution in [0.5, 0.6) is 0 Å². The smallest absolute Gasteiger partial charge is 0.130 e. The summed E-state index contributed by atoms with van der Waals surface area (Å²) in [6, 6.07) is 9.78. The van der Waals surface area contributed by atoms with Crippen molar-refractivity contribution in [2.45, 2.75) is 13.5 Å². The molecule has 0 radical (unpaired) electrons. The van der Waals surface area contributed by atoms with Crippen molar-refractivity contribution in [2.75, 3.05) is 5.32 Å². The summed E-state index contributed by atoms with van der Waals surface area (Å²) in [6.45, 7) is 2.59. The fourth-order valence-electron chi connectivity index (χ4n) is 2.02. The highest BCUT2D eigenvalue weighted by atomic mass is 15.0. The average Bonchev–Trinajstić information content (AvgIpc) is 2.54. The first-order valence-electron chi connectivity index (χ1n) is 6.70. The molecule has 0 unspecified atom stereocenters. The molecule has 3 rings (SSSR count). The highest BCUT2D eigenvalue weighted by molar-refractivity contribution is 5.61. The summed E-state index contributed by atoms with van der Waals surface area (Å²) < 4.78 is 0. The van der Waals surface area contributed by atoms with E-state index in [4.69, 9.17) is 0 Å². The zero-order valence-electron chi connectivity index (χ0n) is 11.7. The molecule has 0 aliphatic rings. The Bertz CT molecular complexity index is 713. The molecule has 3 heterocycles. The number of hydrogen-bond donors (Lipinski definition) is 1. The topological polar surface area (TPSA) is 63.6 Å². The molecule has 0 saturated heterocycles. The molecule has 0 amide bonds. The van der Waals surface area contributed by atoms with Crippen LogP contribution in [-0.4, -0.2) is 19.9 Å². The van der Waals surface area contributed by atoms with E-state index in [-0.39, 0.29) is 0 Å². The molecule has 3 aromatic rings. The van der Waals surface area contributed by atoms with Crippen molar-refractivity contribution in [3.8, 4) is 11.3 Å². The van der Waals surface area contributed by atoms with Crippen molar-refractivity contribution in [1.82, 2.24) is 19.9 Å². The molecular weight excluding hydrogens is 262 g/mol. The lowest BCUT2D eigenvalue weighted by Gasteiger charge is -2.08. The predicted molar refractivity (Wildman–Crippen MR) is 81.6 cm³/mol. The Labute approximate surface area is 123 Å². The third-order valence-corrected chi connectivity index (χ3v) is 3.04. The second kappa shape index (κ2) is 6.09. The highest BCUT2D eigenvalue weighted by Crippen LogP contribution is 2.19. The lowest BCUT2D eigenvalue weighted by Crippen LogP contribution is -2.04. The van der Waals surface area contributed by atoms with Gasteiger partial charge in [-0.15, -0.1) is 0 Å². The second-order valence-corrected chi connectivity index (χ2v) is 4.63. The van der Waals surface area contributed by atoms with Crippen molar-refractivity contribution in [3.05, 3.63) is 66.5 Å². The maximum atomic E-state index is 4.47. The number of nitrogens with zero attached hydrogens (tertiary/aromatic N) is 4. The summed E-state index contributed by atoms with van der Waals surface area (Å²) in [5.41, 5.74) is 3.08. The number of hydrogen-bond acceptors (Lipinski definition) is 5. The standard InChI is InChI=1S/C16H15N5/c1-12-20-15(14-4-8-18-9-5-14)10-16(21-12)19-11-13-2-6-17-7-3-13/h2-10H,11H2,1H3,(H,19,20,21). The van der Waals surface area contributed by atoms with Gasteiger partial charge in [-0.05, 0) is 36.8 Å². The SMILES string of the molecule is Cc1nc(NCc2ccncc2)cc(-c2ccncc2)n1. The third-order valence-electron chi connectivity index (χ3n) is 3.04. The molecule has 0 saturated carbocycles. The van der Waals surface area contributed by atoms with Crippen molar-refractivity contribution in [2.24, 2.45) is 0 Å². The monoisotopic (exact) mass is 277 g/mol. The van der Waals surface area contributed by atoms with Crippen molar-refractivity contribution in [3.63, 3.8) is 0 Å². The van der Waals surface area contributed by atoms with Gasteiger partial charge in [0.15, 0.2) is 0 Å². The van der Waals surface area contributed by atoms with Crippen molar-refractivity contribution in [1.29, 1.82) is 0 Å². The maximum absolute atomic E-state index is 4.47. The van der Waals surface area contributed by atoms with Crippen molar-refractivity contribution < 1.29 is 0 Å². The van der Waals surface area contributed by atoms with Gasteiger partial charge in [-0.25, -0.2) is 9.97 Å². The predicted octanol–water partition coefficient (Wildman–Crippen LogP) is 2.85. The van der Waals surface area contributed by atoms with Crippen molar-refractivity contribution >= 4 is 5.82 Å². The lowest BCUT2D eigenvalue weighted by molar-refractivity contribution is 1.02. The quantitative estimate of drug-likeness (QED) is 0.794.